The predicted molar refractivity (Wildman–Crippen MR) is 123 cm³/mol. The molecule has 0 N–H and O–H groups in total. The minimum absolute atomic E-state index is 0.348. The van der Waals surface area contributed by atoms with Gasteiger partial charge in [-0.2, -0.15) is 0 Å². The Morgan fingerprint density at radius 2 is 1.73 bits per heavy atom. The third kappa shape index (κ3) is 6.51. The standard InChI is InChI=1S/C24H35N3O2S/c1-2-11-26(12-3-1)13-4-17-29-22-7-5-21(6-8-22)23(24-25-10-20-30-24)9-14-27-15-18-28-19-16-27/h5-8,10,20,23H,1-4,9,11-19H2. The number of hydrogen-bond donors (Lipinski definition) is 0. The predicted octanol–water partition coefficient (Wildman–Crippen LogP) is 4.25. The van der Waals surface area contributed by atoms with Gasteiger partial charge in [0.05, 0.1) is 24.8 Å². The van der Waals surface area contributed by atoms with Crippen molar-refractivity contribution in [2.75, 3.05) is 59.1 Å². The van der Waals surface area contributed by atoms with Crippen LogP contribution in [0.1, 0.15) is 48.6 Å². The van der Waals surface area contributed by atoms with E-state index >= 15 is 0 Å². The molecule has 0 radical (unpaired) electrons. The Kier molecular flexibility index (Phi) is 8.55. The van der Waals surface area contributed by atoms with Crippen LogP contribution in [0.15, 0.2) is 35.8 Å². The number of aromatic nitrogens is 1. The minimum atomic E-state index is 0.348. The molecule has 2 fully saturated rings. The molecule has 3 heterocycles. The van der Waals surface area contributed by atoms with E-state index in [1.54, 1.807) is 11.3 Å². The Balaban J connectivity index is 1.28. The molecule has 1 aromatic carbocycles. The summed E-state index contributed by atoms with van der Waals surface area (Å²) in [6.45, 7) is 9.34. The molecular formula is C24H35N3O2S. The second-order valence-electron chi connectivity index (χ2n) is 8.34. The minimum Gasteiger partial charge on any atom is -0.494 e. The molecule has 0 saturated carbocycles. The van der Waals surface area contributed by atoms with Crippen molar-refractivity contribution in [3.63, 3.8) is 0 Å². The van der Waals surface area contributed by atoms with E-state index in [1.165, 1.54) is 42.9 Å². The lowest BCUT2D eigenvalue weighted by Gasteiger charge is -2.28. The number of nitrogens with zero attached hydrogens (tertiary/aromatic N) is 3. The highest BCUT2D eigenvalue weighted by Crippen LogP contribution is 2.31. The summed E-state index contributed by atoms with van der Waals surface area (Å²) in [4.78, 5) is 9.70. The molecule has 1 aromatic heterocycles. The zero-order valence-electron chi connectivity index (χ0n) is 18.0. The van der Waals surface area contributed by atoms with E-state index in [4.69, 9.17) is 9.47 Å². The maximum Gasteiger partial charge on any atom is 0.119 e. The summed E-state index contributed by atoms with van der Waals surface area (Å²) in [5.41, 5.74) is 1.33. The number of benzene rings is 1. The number of thiazole rings is 1. The zero-order chi connectivity index (χ0) is 20.4. The van der Waals surface area contributed by atoms with Crippen molar-refractivity contribution in [3.8, 4) is 5.75 Å². The van der Waals surface area contributed by atoms with Crippen LogP contribution in [-0.4, -0.2) is 73.9 Å². The summed E-state index contributed by atoms with van der Waals surface area (Å²) in [6, 6.07) is 8.72. The van der Waals surface area contributed by atoms with Gasteiger partial charge < -0.3 is 14.4 Å². The van der Waals surface area contributed by atoms with Crippen molar-refractivity contribution in [3.05, 3.63) is 46.4 Å². The molecule has 5 nitrogen and oxygen atoms in total. The first-order valence-electron chi connectivity index (χ1n) is 11.5. The Bertz CT molecular complexity index is 711. The van der Waals surface area contributed by atoms with E-state index in [1.807, 2.05) is 6.20 Å². The van der Waals surface area contributed by atoms with Gasteiger partial charge in [-0.15, -0.1) is 11.3 Å². The third-order valence-corrected chi connectivity index (χ3v) is 7.10. The second kappa shape index (κ2) is 11.8. The van der Waals surface area contributed by atoms with Crippen molar-refractivity contribution in [2.24, 2.45) is 0 Å². The van der Waals surface area contributed by atoms with Crippen molar-refractivity contribution in [1.29, 1.82) is 0 Å². The van der Waals surface area contributed by atoms with Gasteiger partial charge in [0.15, 0.2) is 0 Å². The van der Waals surface area contributed by atoms with Crippen LogP contribution in [0.2, 0.25) is 0 Å². The Labute approximate surface area is 185 Å². The van der Waals surface area contributed by atoms with Crippen LogP contribution in [0.25, 0.3) is 0 Å². The lowest BCUT2D eigenvalue weighted by atomic mass is 9.96. The van der Waals surface area contributed by atoms with E-state index in [-0.39, 0.29) is 0 Å². The lowest BCUT2D eigenvalue weighted by molar-refractivity contribution is 0.0369. The molecule has 0 spiro atoms. The van der Waals surface area contributed by atoms with Gasteiger partial charge >= 0.3 is 0 Å². The van der Waals surface area contributed by atoms with Gasteiger partial charge in [-0.05, 0) is 63.0 Å². The number of likely N-dealkylation sites (tertiary alicyclic amines) is 1. The van der Waals surface area contributed by atoms with Crippen LogP contribution in [0.5, 0.6) is 5.75 Å². The average molecular weight is 430 g/mol. The summed E-state index contributed by atoms with van der Waals surface area (Å²) in [7, 11) is 0. The van der Waals surface area contributed by atoms with E-state index in [0.29, 0.717) is 5.92 Å². The third-order valence-electron chi connectivity index (χ3n) is 6.21. The molecule has 4 rings (SSSR count). The van der Waals surface area contributed by atoms with Gasteiger partial charge in [-0.1, -0.05) is 18.6 Å². The normalized spacial score (nSPS) is 19.6. The van der Waals surface area contributed by atoms with Crippen LogP contribution < -0.4 is 4.74 Å². The van der Waals surface area contributed by atoms with E-state index in [9.17, 15) is 0 Å². The van der Waals surface area contributed by atoms with Gasteiger partial charge in [-0.3, -0.25) is 4.90 Å². The summed E-state index contributed by atoms with van der Waals surface area (Å²) in [5, 5.41) is 3.29. The van der Waals surface area contributed by atoms with Crippen LogP contribution >= 0.6 is 11.3 Å². The Morgan fingerprint density at radius 3 is 2.47 bits per heavy atom. The van der Waals surface area contributed by atoms with Crippen LogP contribution in [0, 0.1) is 0 Å². The van der Waals surface area contributed by atoms with E-state index in [2.05, 4.69) is 44.4 Å². The number of rotatable bonds is 10. The molecule has 30 heavy (non-hydrogen) atoms. The first kappa shape index (κ1) is 21.8. The van der Waals surface area contributed by atoms with Gasteiger partial charge in [0.25, 0.3) is 0 Å². The fraction of sp³-hybridized carbons (Fsp3) is 0.625. The molecular weight excluding hydrogens is 394 g/mol. The van der Waals surface area contributed by atoms with Crippen LogP contribution in [0.3, 0.4) is 0 Å². The largest absolute Gasteiger partial charge is 0.494 e. The fourth-order valence-corrected chi connectivity index (χ4v) is 5.23. The van der Waals surface area contributed by atoms with Crippen molar-refractivity contribution >= 4 is 11.3 Å². The molecule has 6 heteroatoms. The maximum absolute atomic E-state index is 6.02. The van der Waals surface area contributed by atoms with Gasteiger partial charge in [-0.25, -0.2) is 4.98 Å². The highest BCUT2D eigenvalue weighted by molar-refractivity contribution is 7.09. The second-order valence-corrected chi connectivity index (χ2v) is 9.27. The number of piperidine rings is 1. The highest BCUT2D eigenvalue weighted by Gasteiger charge is 2.19. The summed E-state index contributed by atoms with van der Waals surface area (Å²) >= 11 is 1.76. The zero-order valence-corrected chi connectivity index (χ0v) is 18.8. The van der Waals surface area contributed by atoms with Crippen LogP contribution in [-0.2, 0) is 4.74 Å². The SMILES string of the molecule is c1csc(C(CCN2CCOCC2)c2ccc(OCCCN3CCCCC3)cc2)n1. The number of hydrogen-bond acceptors (Lipinski definition) is 6. The first-order chi connectivity index (χ1) is 14.9. The molecule has 1 atom stereocenters. The quantitative estimate of drug-likeness (QED) is 0.528. The fourth-order valence-electron chi connectivity index (χ4n) is 4.43. The number of morpholine rings is 1. The summed E-state index contributed by atoms with van der Waals surface area (Å²) in [5.74, 6) is 1.32. The monoisotopic (exact) mass is 429 g/mol. The molecule has 164 valence electrons. The molecule has 0 aliphatic carbocycles. The average Bonchev–Trinajstić information content (AvgIpc) is 3.34. The first-order valence-corrected chi connectivity index (χ1v) is 12.4. The van der Waals surface area contributed by atoms with Crippen molar-refractivity contribution < 1.29 is 9.47 Å². The molecule has 1 unspecified atom stereocenters. The van der Waals surface area contributed by atoms with E-state index < -0.39 is 0 Å². The van der Waals surface area contributed by atoms with Gasteiger partial charge in [0, 0.05) is 37.1 Å². The van der Waals surface area contributed by atoms with Gasteiger partial charge in [0.2, 0.25) is 0 Å². The smallest absolute Gasteiger partial charge is 0.119 e. The molecule has 2 aromatic rings. The molecule has 0 amide bonds. The Hall–Kier alpha value is -1.47. The van der Waals surface area contributed by atoms with Gasteiger partial charge in [0.1, 0.15) is 5.75 Å². The van der Waals surface area contributed by atoms with Crippen LogP contribution in [0.4, 0.5) is 0 Å². The molecule has 2 aliphatic heterocycles. The van der Waals surface area contributed by atoms with Crippen molar-refractivity contribution in [2.45, 2.75) is 38.0 Å². The topological polar surface area (TPSA) is 37.8 Å². The number of ether oxygens (including phenoxy) is 2. The highest BCUT2D eigenvalue weighted by atomic mass is 32.1. The van der Waals surface area contributed by atoms with Crippen molar-refractivity contribution in [1.82, 2.24) is 14.8 Å². The summed E-state index contributed by atoms with van der Waals surface area (Å²) in [6.07, 6.45) is 8.21. The molecule has 2 aliphatic rings. The summed E-state index contributed by atoms with van der Waals surface area (Å²) < 4.78 is 11.5. The maximum atomic E-state index is 6.02. The van der Waals surface area contributed by atoms with E-state index in [0.717, 1.165) is 64.6 Å². The Morgan fingerprint density at radius 1 is 0.967 bits per heavy atom. The molecule has 0 bridgehead atoms. The lowest BCUT2D eigenvalue weighted by Crippen LogP contribution is -2.37. The molecule has 2 saturated heterocycles.